The van der Waals surface area contributed by atoms with Crippen LogP contribution in [0.3, 0.4) is 0 Å². The molecule has 0 amide bonds. The van der Waals surface area contributed by atoms with Crippen LogP contribution in [0.15, 0.2) is 42.5 Å². The van der Waals surface area contributed by atoms with E-state index < -0.39 is 5.62 Å². The third kappa shape index (κ3) is 5.85. The van der Waals surface area contributed by atoms with Crippen LogP contribution in [0.5, 0.6) is 5.75 Å². The summed E-state index contributed by atoms with van der Waals surface area (Å²) in [4.78, 5) is 8.81. The number of nitrogens with one attached hydrogen (secondary N) is 1. The number of aliphatic hydroxyl groups is 1. The molecule has 6 heteroatoms. The van der Waals surface area contributed by atoms with E-state index in [0.717, 1.165) is 6.29 Å². The van der Waals surface area contributed by atoms with Crippen LogP contribution in [0.2, 0.25) is 0 Å². The van der Waals surface area contributed by atoms with Crippen molar-refractivity contribution < 1.29 is 19.4 Å². The maximum absolute atomic E-state index is 13.3. The maximum Gasteiger partial charge on any atom is 0.135 e. The fraction of sp³-hybridized carbons (Fsp3) is 0.235. The largest absolute Gasteiger partial charge is 0.508 e. The lowest BCUT2D eigenvalue weighted by molar-refractivity contribution is -0.106. The first kappa shape index (κ1) is 18.9. The van der Waals surface area contributed by atoms with Crippen molar-refractivity contribution >= 4 is 14.1 Å². The quantitative estimate of drug-likeness (QED) is 0.458. The first-order valence-electron chi connectivity index (χ1n) is 7.00. The van der Waals surface area contributed by atoms with E-state index in [1.54, 1.807) is 25.2 Å². The number of carbonyl (C=O) groups is 1. The van der Waals surface area contributed by atoms with Gasteiger partial charge in [-0.3, -0.25) is 0 Å². The van der Waals surface area contributed by atoms with Gasteiger partial charge in [-0.15, -0.1) is 0 Å². The highest BCUT2D eigenvalue weighted by Gasteiger charge is 2.20. The Hall–Kier alpha value is -2.18. The predicted molar refractivity (Wildman–Crippen MR) is 88.7 cm³/mol. The van der Waals surface area contributed by atoms with Crippen molar-refractivity contribution in [1.82, 2.24) is 5.32 Å². The first-order chi connectivity index (χ1) is 10.8. The molecule has 2 aromatic carbocycles. The smallest absolute Gasteiger partial charge is 0.135 e. The standard InChI is InChI=1S/C15H15BFNO2.C2H4O/c1-18-15(16,20)9-11-5-6-13(19)8-14(11)10-3-2-4-12(17)7-10;1-2-3/h2-8,18-20H,9H2,1H3;2H,1H3. The zero-order valence-corrected chi connectivity index (χ0v) is 13.1. The fourth-order valence-electron chi connectivity index (χ4n) is 2.02. The number of phenolic OH excluding ortho intramolecular Hbond substituents is 1. The molecule has 23 heavy (non-hydrogen) atoms. The summed E-state index contributed by atoms with van der Waals surface area (Å²) < 4.78 is 13.3. The van der Waals surface area contributed by atoms with Gasteiger partial charge in [-0.2, -0.15) is 0 Å². The number of benzene rings is 2. The highest BCUT2D eigenvalue weighted by Crippen LogP contribution is 2.29. The number of hydrogen-bond acceptors (Lipinski definition) is 4. The third-order valence-corrected chi connectivity index (χ3v) is 3.12. The predicted octanol–water partition coefficient (Wildman–Crippen LogP) is 1.98. The monoisotopic (exact) mass is 315 g/mol. The molecule has 1 atom stereocenters. The minimum atomic E-state index is -1.57. The minimum absolute atomic E-state index is 0.0676. The Morgan fingerprint density at radius 1 is 1.30 bits per heavy atom. The number of likely N-dealkylation sites (N-methyl/N-ethyl adjacent to an activating group) is 1. The molecule has 2 rings (SSSR count). The van der Waals surface area contributed by atoms with E-state index >= 15 is 0 Å². The molecule has 0 saturated carbocycles. The molecule has 0 heterocycles. The number of rotatable bonds is 4. The van der Waals surface area contributed by atoms with Crippen molar-refractivity contribution in [1.29, 1.82) is 0 Å². The molecule has 2 radical (unpaired) electrons. The van der Waals surface area contributed by atoms with E-state index in [1.807, 2.05) is 0 Å². The van der Waals surface area contributed by atoms with Crippen molar-refractivity contribution in [2.24, 2.45) is 0 Å². The Balaban J connectivity index is 0.000000816. The van der Waals surface area contributed by atoms with E-state index in [4.69, 9.17) is 12.6 Å². The Bertz CT molecular complexity index is 662. The molecule has 120 valence electrons. The summed E-state index contributed by atoms with van der Waals surface area (Å²) in [7, 11) is 7.21. The van der Waals surface area contributed by atoms with Crippen molar-refractivity contribution in [2.75, 3.05) is 7.05 Å². The molecule has 0 bridgehead atoms. The van der Waals surface area contributed by atoms with Crippen molar-refractivity contribution in [3.63, 3.8) is 0 Å². The van der Waals surface area contributed by atoms with Crippen LogP contribution < -0.4 is 5.32 Å². The summed E-state index contributed by atoms with van der Waals surface area (Å²) >= 11 is 0. The lowest BCUT2D eigenvalue weighted by Crippen LogP contribution is -2.45. The molecule has 0 aliphatic rings. The molecule has 0 saturated heterocycles. The van der Waals surface area contributed by atoms with Gasteiger partial charge in [0.2, 0.25) is 0 Å². The second kappa shape index (κ2) is 8.46. The molecule has 4 nitrogen and oxygen atoms in total. The zero-order valence-electron chi connectivity index (χ0n) is 13.1. The highest BCUT2D eigenvalue weighted by atomic mass is 19.1. The van der Waals surface area contributed by atoms with Crippen molar-refractivity contribution in [2.45, 2.75) is 19.0 Å². The minimum Gasteiger partial charge on any atom is -0.508 e. The van der Waals surface area contributed by atoms with Crippen LogP contribution in [0, 0.1) is 5.82 Å². The van der Waals surface area contributed by atoms with Gasteiger partial charge in [-0.05, 0) is 54.9 Å². The lowest BCUT2D eigenvalue weighted by atomic mass is 9.82. The van der Waals surface area contributed by atoms with E-state index in [2.05, 4.69) is 5.32 Å². The number of carbonyl (C=O) groups excluding carboxylic acids is 1. The van der Waals surface area contributed by atoms with Crippen LogP contribution in [0.25, 0.3) is 11.1 Å². The molecule has 2 aromatic rings. The SMILES string of the molecule is CC=O.[B]C(O)(Cc1ccc(O)cc1-c1cccc(F)c1)NC. The van der Waals surface area contributed by atoms with Crippen LogP contribution in [0.4, 0.5) is 4.39 Å². The van der Waals surface area contributed by atoms with E-state index in [9.17, 15) is 14.6 Å². The number of hydrogen-bond donors (Lipinski definition) is 3. The van der Waals surface area contributed by atoms with E-state index in [0.29, 0.717) is 16.7 Å². The number of aldehydes is 1. The molecule has 0 aliphatic heterocycles. The molecule has 0 aliphatic carbocycles. The zero-order chi connectivity index (χ0) is 17.5. The summed E-state index contributed by atoms with van der Waals surface area (Å²) in [6.07, 6.45) is 0.871. The van der Waals surface area contributed by atoms with Gasteiger partial charge < -0.3 is 20.3 Å². The van der Waals surface area contributed by atoms with Crippen LogP contribution in [0.1, 0.15) is 12.5 Å². The molecular weight excluding hydrogens is 296 g/mol. The second-order valence-electron chi connectivity index (χ2n) is 4.94. The van der Waals surface area contributed by atoms with Gasteiger partial charge in [0.05, 0.1) is 5.62 Å². The Morgan fingerprint density at radius 3 is 2.52 bits per heavy atom. The summed E-state index contributed by atoms with van der Waals surface area (Å²) in [6, 6.07) is 10.7. The van der Waals surface area contributed by atoms with Gasteiger partial charge in [0.15, 0.2) is 0 Å². The lowest BCUT2D eigenvalue weighted by Gasteiger charge is -2.25. The second-order valence-corrected chi connectivity index (χ2v) is 4.94. The molecule has 1 unspecified atom stereocenters. The molecule has 0 fully saturated rings. The molecule has 0 spiro atoms. The number of halogens is 1. The van der Waals surface area contributed by atoms with E-state index in [1.165, 1.54) is 31.2 Å². The van der Waals surface area contributed by atoms with Gasteiger partial charge in [0, 0.05) is 6.42 Å². The van der Waals surface area contributed by atoms with Gasteiger partial charge in [0.25, 0.3) is 0 Å². The number of phenols is 1. The van der Waals surface area contributed by atoms with Crippen molar-refractivity contribution in [3.8, 4) is 16.9 Å². The Labute approximate surface area is 136 Å². The van der Waals surface area contributed by atoms with Crippen LogP contribution in [-0.2, 0) is 11.2 Å². The average Bonchev–Trinajstić information content (AvgIpc) is 2.50. The number of aromatic hydroxyl groups is 1. The third-order valence-electron chi connectivity index (χ3n) is 3.12. The molecule has 3 N–H and O–H groups in total. The van der Waals surface area contributed by atoms with Crippen molar-refractivity contribution in [3.05, 3.63) is 53.8 Å². The van der Waals surface area contributed by atoms with Crippen LogP contribution >= 0.6 is 0 Å². The fourth-order valence-corrected chi connectivity index (χ4v) is 2.02. The summed E-state index contributed by atoms with van der Waals surface area (Å²) in [5, 5.41) is 22.1. The van der Waals surface area contributed by atoms with Crippen LogP contribution in [-0.4, -0.2) is 37.0 Å². The van der Waals surface area contributed by atoms with Gasteiger partial charge >= 0.3 is 0 Å². The summed E-state index contributed by atoms with van der Waals surface area (Å²) in [5.41, 5.74) is 0.373. The maximum atomic E-state index is 13.3. The molecule has 0 aromatic heterocycles. The van der Waals surface area contributed by atoms with Gasteiger partial charge in [0.1, 0.15) is 25.7 Å². The first-order valence-corrected chi connectivity index (χ1v) is 7.00. The van der Waals surface area contributed by atoms with E-state index in [-0.39, 0.29) is 18.0 Å². The topological polar surface area (TPSA) is 69.6 Å². The van der Waals surface area contributed by atoms with Gasteiger partial charge in [-0.1, -0.05) is 18.2 Å². The average molecular weight is 315 g/mol. The Kier molecular flexibility index (Phi) is 6.94. The van der Waals surface area contributed by atoms with Gasteiger partial charge in [-0.25, -0.2) is 4.39 Å². The highest BCUT2D eigenvalue weighted by molar-refractivity contribution is 6.14. The normalized spacial score (nSPS) is 12.7. The Morgan fingerprint density at radius 2 is 1.96 bits per heavy atom. The summed E-state index contributed by atoms with van der Waals surface area (Å²) in [5.74, 6) is -0.300. The summed E-state index contributed by atoms with van der Waals surface area (Å²) in [6.45, 7) is 1.44. The molecular formula is C17H19BFNO3.